The van der Waals surface area contributed by atoms with Crippen molar-refractivity contribution in [2.75, 3.05) is 13.1 Å². The molecule has 0 amide bonds. The fraction of sp³-hybridized carbons (Fsp3) is 0.556. The van der Waals surface area contributed by atoms with Gasteiger partial charge in [0.2, 0.25) is 5.82 Å². The summed E-state index contributed by atoms with van der Waals surface area (Å²) in [5.41, 5.74) is -0.583. The molecule has 0 bridgehead atoms. The number of H-pyrrole nitrogens is 1. The van der Waals surface area contributed by atoms with Gasteiger partial charge in [0.15, 0.2) is 11.3 Å². The first-order valence-corrected chi connectivity index (χ1v) is 5.41. The van der Waals surface area contributed by atoms with Crippen molar-refractivity contribution in [3.8, 4) is 11.5 Å². The fourth-order valence-corrected chi connectivity index (χ4v) is 1.90. The number of β-amino-alcohol motifs (C(OH)–C–C–N with tert-alkyl or cyclic N) is 1. The summed E-state index contributed by atoms with van der Waals surface area (Å²) >= 11 is 0. The zero-order valence-corrected chi connectivity index (χ0v) is 9.05. The Labute approximate surface area is 96.4 Å². The lowest BCUT2D eigenvalue weighted by Crippen LogP contribution is -2.43. The minimum atomic E-state index is -1.08. The largest absolute Gasteiger partial charge is 0.379 e. The Morgan fingerprint density at radius 1 is 1.47 bits per heavy atom. The SMILES string of the molecule is OC1(c2nc(-c3cn[nH]n3)no2)CCCNC1. The van der Waals surface area contributed by atoms with E-state index in [9.17, 15) is 5.11 Å². The van der Waals surface area contributed by atoms with Crippen LogP contribution in [0.1, 0.15) is 18.7 Å². The Bertz CT molecular complexity index is 487. The number of aliphatic hydroxyl groups is 1. The van der Waals surface area contributed by atoms with Crippen LogP contribution in [0, 0.1) is 0 Å². The normalized spacial score (nSPS) is 25.0. The van der Waals surface area contributed by atoms with E-state index >= 15 is 0 Å². The predicted molar refractivity (Wildman–Crippen MR) is 55.7 cm³/mol. The summed E-state index contributed by atoms with van der Waals surface area (Å²) in [5.74, 6) is 0.551. The molecule has 2 aromatic rings. The van der Waals surface area contributed by atoms with Gasteiger partial charge in [-0.05, 0) is 19.4 Å². The van der Waals surface area contributed by atoms with Crippen LogP contribution < -0.4 is 5.32 Å². The lowest BCUT2D eigenvalue weighted by atomic mass is 9.94. The highest BCUT2D eigenvalue weighted by molar-refractivity contribution is 5.45. The van der Waals surface area contributed by atoms with Gasteiger partial charge >= 0.3 is 0 Å². The Kier molecular flexibility index (Phi) is 2.37. The molecule has 0 radical (unpaired) electrons. The third-order valence-electron chi connectivity index (χ3n) is 2.83. The van der Waals surface area contributed by atoms with E-state index < -0.39 is 5.60 Å². The van der Waals surface area contributed by atoms with Crippen LogP contribution in [0.5, 0.6) is 0 Å². The third-order valence-corrected chi connectivity index (χ3v) is 2.83. The molecule has 2 aromatic heterocycles. The molecular weight excluding hydrogens is 224 g/mol. The average molecular weight is 236 g/mol. The van der Waals surface area contributed by atoms with Crippen LogP contribution in [-0.2, 0) is 5.60 Å². The molecule has 0 aromatic carbocycles. The van der Waals surface area contributed by atoms with E-state index in [1.807, 2.05) is 0 Å². The summed E-state index contributed by atoms with van der Waals surface area (Å²) in [5, 5.41) is 27.2. The molecule has 1 fully saturated rings. The standard InChI is InChI=1S/C9H12N6O2/c16-9(2-1-3-10-5-9)8-12-7(14-17-8)6-4-11-15-13-6/h4,10,16H,1-3,5H2,(H,11,13,15). The maximum Gasteiger partial charge on any atom is 0.260 e. The molecule has 3 rings (SSSR count). The fourth-order valence-electron chi connectivity index (χ4n) is 1.90. The smallest absolute Gasteiger partial charge is 0.260 e. The maximum absolute atomic E-state index is 10.4. The summed E-state index contributed by atoms with van der Waals surface area (Å²) in [7, 11) is 0. The van der Waals surface area contributed by atoms with Crippen LogP contribution in [0.4, 0.5) is 0 Å². The van der Waals surface area contributed by atoms with E-state index in [4.69, 9.17) is 4.52 Å². The number of rotatable bonds is 2. The maximum atomic E-state index is 10.4. The Morgan fingerprint density at radius 3 is 3.12 bits per heavy atom. The van der Waals surface area contributed by atoms with Crippen molar-refractivity contribution in [3.63, 3.8) is 0 Å². The molecule has 17 heavy (non-hydrogen) atoms. The molecule has 8 nitrogen and oxygen atoms in total. The molecule has 0 spiro atoms. The predicted octanol–water partition coefficient (Wildman–Crippen LogP) is -0.574. The van der Waals surface area contributed by atoms with Crippen LogP contribution >= 0.6 is 0 Å². The quantitative estimate of drug-likeness (QED) is 0.639. The van der Waals surface area contributed by atoms with Crippen molar-refractivity contribution in [2.24, 2.45) is 0 Å². The summed E-state index contributed by atoms with van der Waals surface area (Å²) in [6.45, 7) is 1.32. The first-order valence-electron chi connectivity index (χ1n) is 5.41. The first kappa shape index (κ1) is 10.4. The van der Waals surface area contributed by atoms with Crippen molar-refractivity contribution in [2.45, 2.75) is 18.4 Å². The van der Waals surface area contributed by atoms with E-state index in [1.54, 1.807) is 0 Å². The minimum Gasteiger partial charge on any atom is -0.379 e. The Morgan fingerprint density at radius 2 is 2.41 bits per heavy atom. The monoisotopic (exact) mass is 236 g/mol. The van der Waals surface area contributed by atoms with Crippen LogP contribution in [-0.4, -0.2) is 43.7 Å². The van der Waals surface area contributed by atoms with E-state index in [0.29, 0.717) is 24.5 Å². The van der Waals surface area contributed by atoms with Crippen LogP contribution in [0.25, 0.3) is 11.5 Å². The highest BCUT2D eigenvalue weighted by atomic mass is 16.5. The number of aromatic nitrogens is 5. The highest BCUT2D eigenvalue weighted by Crippen LogP contribution is 2.27. The third kappa shape index (κ3) is 1.81. The van der Waals surface area contributed by atoms with Gasteiger partial charge < -0.3 is 14.9 Å². The lowest BCUT2D eigenvalue weighted by molar-refractivity contribution is -0.0167. The summed E-state index contributed by atoms with van der Waals surface area (Å²) in [6, 6.07) is 0. The molecule has 0 saturated carbocycles. The average Bonchev–Trinajstić information content (AvgIpc) is 3.01. The minimum absolute atomic E-state index is 0.225. The number of hydrogen-bond acceptors (Lipinski definition) is 7. The number of hydrogen-bond donors (Lipinski definition) is 3. The topological polar surface area (TPSA) is 113 Å². The van der Waals surface area contributed by atoms with Crippen molar-refractivity contribution in [1.29, 1.82) is 0 Å². The van der Waals surface area contributed by atoms with Gasteiger partial charge in [-0.15, -0.1) is 0 Å². The summed E-state index contributed by atoms with van der Waals surface area (Å²) in [6.07, 6.45) is 2.98. The van der Waals surface area contributed by atoms with Gasteiger partial charge in [0, 0.05) is 6.54 Å². The summed E-state index contributed by atoms with van der Waals surface area (Å²) < 4.78 is 5.10. The van der Waals surface area contributed by atoms with Crippen LogP contribution in [0.2, 0.25) is 0 Å². The van der Waals surface area contributed by atoms with Gasteiger partial charge in [-0.2, -0.15) is 20.4 Å². The molecule has 3 N–H and O–H groups in total. The van der Waals surface area contributed by atoms with Crippen LogP contribution in [0.15, 0.2) is 10.7 Å². The molecule has 1 aliphatic rings. The Hall–Kier alpha value is -1.80. The van der Waals surface area contributed by atoms with Gasteiger partial charge in [0.05, 0.1) is 6.20 Å². The molecule has 8 heteroatoms. The summed E-state index contributed by atoms with van der Waals surface area (Å²) in [4.78, 5) is 4.16. The molecule has 3 heterocycles. The molecular formula is C9H12N6O2. The molecule has 1 saturated heterocycles. The molecule has 0 aliphatic carbocycles. The number of nitrogens with zero attached hydrogens (tertiary/aromatic N) is 4. The van der Waals surface area contributed by atoms with Gasteiger partial charge in [0.25, 0.3) is 5.89 Å². The molecule has 1 aliphatic heterocycles. The number of nitrogens with one attached hydrogen (secondary N) is 2. The van der Waals surface area contributed by atoms with Crippen molar-refractivity contribution in [1.82, 2.24) is 30.9 Å². The van der Waals surface area contributed by atoms with Gasteiger partial charge in [0.1, 0.15) is 0 Å². The van der Waals surface area contributed by atoms with Gasteiger partial charge in [-0.1, -0.05) is 5.16 Å². The van der Waals surface area contributed by atoms with Gasteiger partial charge in [-0.25, -0.2) is 0 Å². The van der Waals surface area contributed by atoms with E-state index in [2.05, 4.69) is 30.9 Å². The second-order valence-electron chi connectivity index (χ2n) is 4.09. The van der Waals surface area contributed by atoms with Crippen molar-refractivity contribution >= 4 is 0 Å². The van der Waals surface area contributed by atoms with Crippen LogP contribution in [0.3, 0.4) is 0 Å². The number of aromatic amines is 1. The molecule has 1 unspecified atom stereocenters. The number of piperidine rings is 1. The first-order chi connectivity index (χ1) is 8.28. The van der Waals surface area contributed by atoms with Crippen molar-refractivity contribution < 1.29 is 9.63 Å². The highest BCUT2D eigenvalue weighted by Gasteiger charge is 2.37. The van der Waals surface area contributed by atoms with E-state index in [0.717, 1.165) is 13.0 Å². The molecule has 1 atom stereocenters. The molecule has 90 valence electrons. The lowest BCUT2D eigenvalue weighted by Gasteiger charge is -2.28. The van der Waals surface area contributed by atoms with E-state index in [-0.39, 0.29) is 5.89 Å². The Balaban J connectivity index is 1.89. The van der Waals surface area contributed by atoms with E-state index in [1.165, 1.54) is 6.20 Å². The zero-order chi connectivity index (χ0) is 11.7. The zero-order valence-electron chi connectivity index (χ0n) is 9.05. The van der Waals surface area contributed by atoms with Gasteiger partial charge in [-0.3, -0.25) is 0 Å². The second-order valence-corrected chi connectivity index (χ2v) is 4.09. The van der Waals surface area contributed by atoms with Crippen molar-refractivity contribution in [3.05, 3.63) is 12.1 Å². The second kappa shape index (κ2) is 3.90.